The van der Waals surface area contributed by atoms with E-state index in [1.54, 1.807) is 39.8 Å². The van der Waals surface area contributed by atoms with Gasteiger partial charge in [-0.2, -0.15) is 12.6 Å². The van der Waals surface area contributed by atoms with Crippen LogP contribution in [0.1, 0.15) is 70.0 Å². The Morgan fingerprint density at radius 1 is 1.26 bits per heavy atom. The molecule has 0 spiro atoms. The van der Waals surface area contributed by atoms with Crippen molar-refractivity contribution in [1.29, 1.82) is 0 Å². The summed E-state index contributed by atoms with van der Waals surface area (Å²) in [5, 5.41) is 15.5. The summed E-state index contributed by atoms with van der Waals surface area (Å²) in [4.78, 5) is 40.1. The summed E-state index contributed by atoms with van der Waals surface area (Å²) in [5.74, 6) is -1.08. The lowest BCUT2D eigenvalue weighted by molar-refractivity contribution is -0.138. The van der Waals surface area contributed by atoms with E-state index in [4.69, 9.17) is 11.2 Å². The lowest BCUT2D eigenvalue weighted by Crippen LogP contribution is -2.53. The average molecular weight is 490 g/mol. The van der Waals surface area contributed by atoms with Crippen molar-refractivity contribution < 1.29 is 24.2 Å². The van der Waals surface area contributed by atoms with Gasteiger partial charge in [-0.1, -0.05) is 31.8 Å². The van der Waals surface area contributed by atoms with Gasteiger partial charge in [-0.25, -0.2) is 4.79 Å². The summed E-state index contributed by atoms with van der Waals surface area (Å²) in [7, 11) is 0. The van der Waals surface area contributed by atoms with Crippen LogP contribution in [0.15, 0.2) is 18.2 Å². The summed E-state index contributed by atoms with van der Waals surface area (Å²) in [6.45, 7) is 6.81. The average Bonchev–Trinajstić information content (AvgIpc) is 2.76. The van der Waals surface area contributed by atoms with Crippen molar-refractivity contribution in [2.75, 3.05) is 5.75 Å². The van der Waals surface area contributed by atoms with E-state index in [1.807, 2.05) is 0 Å². The standard InChI is InChI=1S/C25H35N3O5S/c1-6-28(23(31)19(15-34)27-24(32)33-25(3,4)5)21(17-12-13-20(29)16(2)14-17)22(30)26-18-10-8-7-9-11-18/h1,12-14,18-19,21,29,34H,7-11,15H2,2-5H3,(H,26,30)(H,27,32). The number of carbonyl (C=O) groups is 3. The number of alkyl carbamates (subject to hydrolysis) is 1. The molecule has 9 heteroatoms. The van der Waals surface area contributed by atoms with E-state index in [2.05, 4.69) is 29.3 Å². The van der Waals surface area contributed by atoms with Gasteiger partial charge < -0.3 is 20.5 Å². The minimum atomic E-state index is -1.15. The van der Waals surface area contributed by atoms with E-state index < -0.39 is 35.6 Å². The number of nitrogens with one attached hydrogen (secondary N) is 2. The number of hydrogen-bond acceptors (Lipinski definition) is 6. The van der Waals surface area contributed by atoms with E-state index in [1.165, 1.54) is 6.07 Å². The van der Waals surface area contributed by atoms with Gasteiger partial charge in [0.25, 0.3) is 5.91 Å². The molecule has 2 atom stereocenters. The van der Waals surface area contributed by atoms with Gasteiger partial charge in [-0.3, -0.25) is 14.5 Å². The van der Waals surface area contributed by atoms with Crippen molar-refractivity contribution in [2.45, 2.75) is 83.5 Å². The summed E-state index contributed by atoms with van der Waals surface area (Å²) in [5.41, 5.74) is 0.228. The van der Waals surface area contributed by atoms with E-state index >= 15 is 0 Å². The van der Waals surface area contributed by atoms with Gasteiger partial charge >= 0.3 is 6.09 Å². The molecule has 186 valence electrons. The fourth-order valence-electron chi connectivity index (χ4n) is 3.86. The highest BCUT2D eigenvalue weighted by molar-refractivity contribution is 7.80. The monoisotopic (exact) mass is 489 g/mol. The van der Waals surface area contributed by atoms with Gasteiger partial charge in [0.2, 0.25) is 5.91 Å². The smallest absolute Gasteiger partial charge is 0.408 e. The molecule has 0 saturated heterocycles. The Bertz CT molecular complexity index is 931. The second kappa shape index (κ2) is 12.0. The van der Waals surface area contributed by atoms with Gasteiger partial charge in [0, 0.05) is 17.8 Å². The first-order valence-electron chi connectivity index (χ1n) is 11.5. The second-order valence-electron chi connectivity index (χ2n) is 9.51. The third-order valence-corrected chi connectivity index (χ3v) is 5.91. The number of phenolic OH excluding ortho intramolecular Hbond substituents is 1. The Balaban J connectivity index is 2.35. The van der Waals surface area contributed by atoms with E-state index in [-0.39, 0.29) is 17.5 Å². The molecule has 0 aliphatic heterocycles. The van der Waals surface area contributed by atoms with E-state index in [0.717, 1.165) is 37.0 Å². The number of hydrogen-bond donors (Lipinski definition) is 4. The zero-order valence-corrected chi connectivity index (χ0v) is 21.2. The van der Waals surface area contributed by atoms with E-state index in [9.17, 15) is 19.5 Å². The lowest BCUT2D eigenvalue weighted by Gasteiger charge is -2.32. The zero-order chi connectivity index (χ0) is 25.5. The van der Waals surface area contributed by atoms with Gasteiger partial charge in [0.1, 0.15) is 23.4 Å². The molecule has 8 nitrogen and oxygen atoms in total. The summed E-state index contributed by atoms with van der Waals surface area (Å²) < 4.78 is 5.24. The highest BCUT2D eigenvalue weighted by Gasteiger charge is 2.36. The van der Waals surface area contributed by atoms with Crippen LogP contribution in [0, 0.1) is 19.4 Å². The van der Waals surface area contributed by atoms with Crippen LogP contribution < -0.4 is 10.6 Å². The molecular weight excluding hydrogens is 454 g/mol. The van der Waals surface area contributed by atoms with Crippen LogP contribution in [0.2, 0.25) is 0 Å². The SMILES string of the molecule is C#CN(C(=O)C(CS)NC(=O)OC(C)(C)C)C(C(=O)NC1CCCCC1)c1ccc(O)c(C)c1. The predicted molar refractivity (Wildman–Crippen MR) is 133 cm³/mol. The molecule has 0 bridgehead atoms. The number of aromatic hydroxyl groups is 1. The Kier molecular flexibility index (Phi) is 9.68. The van der Waals surface area contributed by atoms with Gasteiger partial charge in [-0.05, 0) is 63.8 Å². The molecule has 1 fully saturated rings. The highest BCUT2D eigenvalue weighted by atomic mass is 32.1. The molecule has 3 N–H and O–H groups in total. The molecular formula is C25H35N3O5S. The first-order chi connectivity index (χ1) is 16.0. The molecule has 1 aromatic rings. The Morgan fingerprint density at radius 2 is 1.91 bits per heavy atom. The highest BCUT2D eigenvalue weighted by Crippen LogP contribution is 2.28. The topological polar surface area (TPSA) is 108 Å². The summed E-state index contributed by atoms with van der Waals surface area (Å²) in [6, 6.07) is 4.69. The molecule has 0 aromatic heterocycles. The van der Waals surface area contributed by atoms with Crippen LogP contribution >= 0.6 is 12.6 Å². The molecule has 3 amide bonds. The molecule has 1 aromatic carbocycles. The number of nitrogens with zero attached hydrogens (tertiary/aromatic N) is 1. The number of ether oxygens (including phenoxy) is 1. The number of aryl methyl sites for hydroxylation is 1. The second-order valence-corrected chi connectivity index (χ2v) is 9.88. The maximum Gasteiger partial charge on any atom is 0.408 e. The van der Waals surface area contributed by atoms with Crippen LogP contribution in [-0.2, 0) is 14.3 Å². The van der Waals surface area contributed by atoms with Crippen LogP contribution in [0.5, 0.6) is 5.75 Å². The first-order valence-corrected chi connectivity index (χ1v) is 12.1. The van der Waals surface area contributed by atoms with Crippen molar-refractivity contribution in [1.82, 2.24) is 15.5 Å². The van der Waals surface area contributed by atoms with Crippen molar-refractivity contribution in [3.05, 3.63) is 29.3 Å². The minimum Gasteiger partial charge on any atom is -0.508 e. The largest absolute Gasteiger partial charge is 0.508 e. The number of thiol groups is 1. The maximum atomic E-state index is 13.4. The van der Waals surface area contributed by atoms with E-state index in [0.29, 0.717) is 11.1 Å². The van der Waals surface area contributed by atoms with Crippen molar-refractivity contribution >= 4 is 30.5 Å². The summed E-state index contributed by atoms with van der Waals surface area (Å²) >= 11 is 4.20. The van der Waals surface area contributed by atoms with Crippen molar-refractivity contribution in [3.8, 4) is 18.2 Å². The number of phenols is 1. The number of benzene rings is 1. The fraction of sp³-hybridized carbons (Fsp3) is 0.560. The maximum absolute atomic E-state index is 13.4. The Morgan fingerprint density at radius 3 is 2.44 bits per heavy atom. The normalized spacial score (nSPS) is 16.0. The summed E-state index contributed by atoms with van der Waals surface area (Å²) in [6.07, 6.45) is 9.83. The van der Waals surface area contributed by atoms with Crippen LogP contribution in [0.25, 0.3) is 0 Å². The minimum absolute atomic E-state index is 0.00254. The quantitative estimate of drug-likeness (QED) is 0.267. The molecule has 0 radical (unpaired) electrons. The van der Waals surface area contributed by atoms with Gasteiger partial charge in [-0.15, -0.1) is 0 Å². The third kappa shape index (κ3) is 7.59. The molecule has 2 unspecified atom stereocenters. The number of terminal acetylenes is 1. The molecule has 2 rings (SSSR count). The number of rotatable bonds is 7. The predicted octanol–water partition coefficient (Wildman–Crippen LogP) is 3.43. The zero-order valence-electron chi connectivity index (χ0n) is 20.3. The Labute approximate surface area is 207 Å². The number of amides is 3. The fourth-order valence-corrected chi connectivity index (χ4v) is 4.11. The molecule has 1 aliphatic carbocycles. The van der Waals surface area contributed by atoms with Crippen LogP contribution in [0.3, 0.4) is 0 Å². The van der Waals surface area contributed by atoms with Crippen LogP contribution in [0.4, 0.5) is 4.79 Å². The van der Waals surface area contributed by atoms with Crippen LogP contribution in [-0.4, -0.2) is 51.4 Å². The Hall–Kier alpha value is -2.86. The third-order valence-electron chi connectivity index (χ3n) is 5.54. The molecule has 1 aliphatic rings. The number of carbonyl (C=O) groups excluding carboxylic acids is 3. The van der Waals surface area contributed by atoms with Gasteiger partial charge in [0.05, 0.1) is 0 Å². The molecule has 1 saturated carbocycles. The lowest BCUT2D eigenvalue weighted by atomic mass is 9.94. The van der Waals surface area contributed by atoms with Gasteiger partial charge in [0.15, 0.2) is 0 Å². The first kappa shape index (κ1) is 27.4. The van der Waals surface area contributed by atoms with Crippen molar-refractivity contribution in [2.24, 2.45) is 0 Å². The molecule has 0 heterocycles. The molecule has 34 heavy (non-hydrogen) atoms. The van der Waals surface area contributed by atoms with Crippen molar-refractivity contribution in [3.63, 3.8) is 0 Å².